The van der Waals surface area contributed by atoms with E-state index in [9.17, 15) is 4.39 Å². The van der Waals surface area contributed by atoms with E-state index in [0.717, 1.165) is 11.1 Å². The van der Waals surface area contributed by atoms with Crippen LogP contribution in [0.15, 0.2) is 61.2 Å². The number of rotatable bonds is 4. The van der Waals surface area contributed by atoms with Crippen LogP contribution in [-0.4, -0.2) is 14.8 Å². The van der Waals surface area contributed by atoms with Gasteiger partial charge in [-0.2, -0.15) is 5.10 Å². The molecule has 0 bridgehead atoms. The zero-order valence-electron chi connectivity index (χ0n) is 12.3. The number of hydrogen-bond donors (Lipinski definition) is 0. The first-order chi connectivity index (χ1) is 11.6. The van der Waals surface area contributed by atoms with Gasteiger partial charge in [0.15, 0.2) is 11.1 Å². The molecule has 0 saturated carbocycles. The SMILES string of the molecule is Fc1ccc([C@@]2([C@@H](Cl)n3cncn3)O[C@H]2c2ccccc2Cl)cc1. The van der Waals surface area contributed by atoms with Crippen molar-refractivity contribution in [3.05, 3.63) is 83.2 Å². The van der Waals surface area contributed by atoms with Gasteiger partial charge in [0, 0.05) is 10.6 Å². The third-order valence-corrected chi connectivity index (χ3v) is 5.02. The van der Waals surface area contributed by atoms with Gasteiger partial charge in [0.2, 0.25) is 0 Å². The molecule has 2 heterocycles. The summed E-state index contributed by atoms with van der Waals surface area (Å²) in [6, 6.07) is 13.5. The summed E-state index contributed by atoms with van der Waals surface area (Å²) in [5.74, 6) is -0.323. The van der Waals surface area contributed by atoms with Crippen LogP contribution in [0.2, 0.25) is 5.02 Å². The first-order valence-corrected chi connectivity index (χ1v) is 8.11. The molecule has 2 aromatic carbocycles. The standard InChI is InChI=1S/C17H12Cl2FN3O/c18-14-4-2-1-3-13(14)15-17(24-15,11-5-7-12(20)8-6-11)16(19)23-10-21-9-22-23/h1-10,15-16H/t15-,16-,17+/m0/s1. The van der Waals surface area contributed by atoms with Crippen LogP contribution in [0.25, 0.3) is 0 Å². The maximum Gasteiger partial charge on any atom is 0.163 e. The highest BCUT2D eigenvalue weighted by Crippen LogP contribution is 2.64. The quantitative estimate of drug-likeness (QED) is 0.507. The van der Waals surface area contributed by atoms with Crippen molar-refractivity contribution in [1.82, 2.24) is 14.8 Å². The number of hydrogen-bond acceptors (Lipinski definition) is 3. The second-order valence-electron chi connectivity index (χ2n) is 5.53. The van der Waals surface area contributed by atoms with Crippen molar-refractivity contribution in [3.8, 4) is 0 Å². The van der Waals surface area contributed by atoms with E-state index in [1.54, 1.807) is 18.2 Å². The lowest BCUT2D eigenvalue weighted by Crippen LogP contribution is -2.23. The van der Waals surface area contributed by atoms with Crippen LogP contribution in [-0.2, 0) is 10.3 Å². The minimum atomic E-state index is -0.895. The monoisotopic (exact) mass is 363 g/mol. The second kappa shape index (κ2) is 5.84. The summed E-state index contributed by atoms with van der Waals surface area (Å²) in [7, 11) is 0. The highest BCUT2D eigenvalue weighted by atomic mass is 35.5. The lowest BCUT2D eigenvalue weighted by Gasteiger charge is -2.20. The number of halogens is 3. The highest BCUT2D eigenvalue weighted by molar-refractivity contribution is 6.31. The third-order valence-electron chi connectivity index (χ3n) is 4.15. The van der Waals surface area contributed by atoms with Crippen LogP contribution in [0.3, 0.4) is 0 Å². The van der Waals surface area contributed by atoms with Crippen LogP contribution >= 0.6 is 23.2 Å². The fourth-order valence-electron chi connectivity index (χ4n) is 2.92. The topological polar surface area (TPSA) is 43.2 Å². The fraction of sp³-hybridized carbons (Fsp3) is 0.176. The summed E-state index contributed by atoms with van der Waals surface area (Å²) in [5, 5.41) is 4.69. The average molecular weight is 364 g/mol. The lowest BCUT2D eigenvalue weighted by molar-refractivity contribution is 0.253. The van der Waals surface area contributed by atoms with E-state index in [1.807, 2.05) is 18.2 Å². The van der Waals surface area contributed by atoms with Crippen LogP contribution in [0, 0.1) is 5.82 Å². The van der Waals surface area contributed by atoms with E-state index in [-0.39, 0.29) is 11.9 Å². The van der Waals surface area contributed by atoms with E-state index in [0.29, 0.717) is 5.02 Å². The summed E-state index contributed by atoms with van der Waals surface area (Å²) in [6.07, 6.45) is 2.57. The first-order valence-electron chi connectivity index (χ1n) is 7.29. The summed E-state index contributed by atoms with van der Waals surface area (Å²) in [6.45, 7) is 0. The maximum absolute atomic E-state index is 13.3. The zero-order chi connectivity index (χ0) is 16.7. The Bertz CT molecular complexity index is 857. The highest BCUT2D eigenvalue weighted by Gasteiger charge is 2.64. The number of benzene rings is 2. The Morgan fingerprint density at radius 3 is 2.58 bits per heavy atom. The number of alkyl halides is 1. The molecule has 7 heteroatoms. The van der Waals surface area contributed by atoms with Gasteiger partial charge in [0.1, 0.15) is 24.6 Å². The molecule has 0 aliphatic carbocycles. The molecular weight excluding hydrogens is 352 g/mol. The Labute approximate surface area is 147 Å². The van der Waals surface area contributed by atoms with Gasteiger partial charge in [-0.1, -0.05) is 53.5 Å². The maximum atomic E-state index is 13.3. The van der Waals surface area contributed by atoms with Crippen LogP contribution in [0.5, 0.6) is 0 Å². The van der Waals surface area contributed by atoms with Crippen LogP contribution in [0.4, 0.5) is 4.39 Å². The molecule has 0 amide bonds. The summed E-state index contributed by atoms with van der Waals surface area (Å²) in [4.78, 5) is 3.93. The molecule has 4 rings (SSSR count). The van der Waals surface area contributed by atoms with Gasteiger partial charge >= 0.3 is 0 Å². The second-order valence-corrected chi connectivity index (χ2v) is 6.35. The minimum Gasteiger partial charge on any atom is -0.352 e. The van der Waals surface area contributed by atoms with Crippen LogP contribution < -0.4 is 0 Å². The predicted octanol–water partition coefficient (Wildman–Crippen LogP) is 4.48. The van der Waals surface area contributed by atoms with E-state index < -0.39 is 11.1 Å². The Balaban J connectivity index is 1.80. The molecule has 1 saturated heterocycles. The normalized spacial score (nSPS) is 23.9. The number of epoxide rings is 1. The minimum absolute atomic E-state index is 0.323. The van der Waals surface area contributed by atoms with Crippen molar-refractivity contribution in [2.24, 2.45) is 0 Å². The van der Waals surface area contributed by atoms with Gasteiger partial charge in [0.05, 0.1) is 0 Å². The first kappa shape index (κ1) is 15.6. The summed E-state index contributed by atoms with van der Waals surface area (Å²) in [5.41, 5.74) is 0.0267. The van der Waals surface area contributed by atoms with E-state index in [2.05, 4.69) is 10.1 Å². The van der Waals surface area contributed by atoms with Crippen molar-refractivity contribution < 1.29 is 9.13 Å². The molecule has 1 fully saturated rings. The zero-order valence-corrected chi connectivity index (χ0v) is 13.8. The van der Waals surface area contributed by atoms with Crippen molar-refractivity contribution in [2.45, 2.75) is 17.2 Å². The van der Waals surface area contributed by atoms with Gasteiger partial charge < -0.3 is 4.74 Å². The molecule has 0 N–H and O–H groups in total. The van der Waals surface area contributed by atoms with Gasteiger partial charge in [0.25, 0.3) is 0 Å². The van der Waals surface area contributed by atoms with E-state index in [1.165, 1.54) is 29.5 Å². The lowest BCUT2D eigenvalue weighted by atomic mass is 9.91. The molecule has 24 heavy (non-hydrogen) atoms. The predicted molar refractivity (Wildman–Crippen MR) is 88.3 cm³/mol. The van der Waals surface area contributed by atoms with Gasteiger partial charge in [-0.05, 0) is 23.8 Å². The molecule has 122 valence electrons. The number of ether oxygens (including phenoxy) is 1. The van der Waals surface area contributed by atoms with E-state index >= 15 is 0 Å². The largest absolute Gasteiger partial charge is 0.352 e. The molecule has 1 aromatic heterocycles. The smallest absolute Gasteiger partial charge is 0.163 e. The molecule has 3 atom stereocenters. The molecule has 3 aromatic rings. The van der Waals surface area contributed by atoms with Crippen molar-refractivity contribution in [2.75, 3.05) is 0 Å². The van der Waals surface area contributed by atoms with E-state index in [4.69, 9.17) is 27.9 Å². The molecule has 0 spiro atoms. The Hall–Kier alpha value is -1.95. The average Bonchev–Trinajstić information content (AvgIpc) is 3.09. The summed E-state index contributed by atoms with van der Waals surface area (Å²) >= 11 is 13.0. The molecule has 1 aliphatic rings. The molecule has 1 aliphatic heterocycles. The third kappa shape index (κ3) is 2.40. The molecule has 4 nitrogen and oxygen atoms in total. The van der Waals surface area contributed by atoms with Crippen LogP contribution in [0.1, 0.15) is 22.7 Å². The van der Waals surface area contributed by atoms with Gasteiger partial charge in [-0.15, -0.1) is 0 Å². The van der Waals surface area contributed by atoms with Gasteiger partial charge in [-0.3, -0.25) is 0 Å². The summed E-state index contributed by atoms with van der Waals surface area (Å²) < 4.78 is 20.9. The Kier molecular flexibility index (Phi) is 3.79. The van der Waals surface area contributed by atoms with Crippen molar-refractivity contribution in [1.29, 1.82) is 0 Å². The fourth-order valence-corrected chi connectivity index (χ4v) is 3.55. The Morgan fingerprint density at radius 2 is 1.92 bits per heavy atom. The van der Waals surface area contributed by atoms with Crippen molar-refractivity contribution in [3.63, 3.8) is 0 Å². The van der Waals surface area contributed by atoms with Crippen molar-refractivity contribution >= 4 is 23.2 Å². The number of nitrogens with zero attached hydrogens (tertiary/aromatic N) is 3. The van der Waals surface area contributed by atoms with Gasteiger partial charge in [-0.25, -0.2) is 14.1 Å². The number of aromatic nitrogens is 3. The molecule has 0 unspecified atom stereocenters. The molecular formula is C17H12Cl2FN3O. The molecule has 0 radical (unpaired) electrons. The Morgan fingerprint density at radius 1 is 1.17 bits per heavy atom.